The molecule has 0 saturated carbocycles. The SMILES string of the molecule is COc1cc(C(=O)O[C@H](C(=O)O)[C@H](OC(=O)c2ccc(OC(C)=O)c(OC)c2)C(=O)Nc2cccnc2)ccc1OC(C)=O. The number of carbonyl (C=O) groups excluding carboxylic acids is 5. The summed E-state index contributed by atoms with van der Waals surface area (Å²) in [5, 5.41) is 12.3. The van der Waals surface area contributed by atoms with Crippen molar-refractivity contribution >= 4 is 41.4 Å². The minimum Gasteiger partial charge on any atom is -0.493 e. The summed E-state index contributed by atoms with van der Waals surface area (Å²) in [5.74, 6) is -6.90. The van der Waals surface area contributed by atoms with Crippen molar-refractivity contribution in [2.75, 3.05) is 19.5 Å². The van der Waals surface area contributed by atoms with Gasteiger partial charge in [0.1, 0.15) is 0 Å². The highest BCUT2D eigenvalue weighted by Gasteiger charge is 2.41. The third-order valence-corrected chi connectivity index (χ3v) is 5.48. The van der Waals surface area contributed by atoms with Crippen molar-refractivity contribution in [2.24, 2.45) is 0 Å². The van der Waals surface area contributed by atoms with Crippen LogP contribution >= 0.6 is 0 Å². The van der Waals surface area contributed by atoms with Crippen LogP contribution < -0.4 is 24.3 Å². The van der Waals surface area contributed by atoms with Crippen LogP contribution in [0, 0.1) is 0 Å². The Hall–Kier alpha value is -5.99. The minimum atomic E-state index is -2.36. The van der Waals surface area contributed by atoms with Gasteiger partial charge >= 0.3 is 29.8 Å². The second-order valence-electron chi connectivity index (χ2n) is 8.64. The quantitative estimate of drug-likeness (QED) is 0.223. The summed E-state index contributed by atoms with van der Waals surface area (Å²) in [6, 6.07) is 9.95. The van der Waals surface area contributed by atoms with Crippen LogP contribution in [0.15, 0.2) is 60.9 Å². The number of amides is 1. The van der Waals surface area contributed by atoms with Gasteiger partial charge in [-0.25, -0.2) is 14.4 Å². The van der Waals surface area contributed by atoms with Crippen LogP contribution in [-0.4, -0.2) is 72.3 Å². The molecule has 0 fully saturated rings. The van der Waals surface area contributed by atoms with Gasteiger partial charge in [0.15, 0.2) is 23.0 Å². The van der Waals surface area contributed by atoms with E-state index in [-0.39, 0.29) is 39.8 Å². The molecule has 2 atom stereocenters. The average molecular weight is 611 g/mol. The molecule has 15 nitrogen and oxygen atoms in total. The second kappa shape index (κ2) is 14.8. The van der Waals surface area contributed by atoms with Crippen molar-refractivity contribution in [3.8, 4) is 23.0 Å². The largest absolute Gasteiger partial charge is 0.493 e. The molecule has 0 aliphatic rings. The van der Waals surface area contributed by atoms with E-state index in [0.29, 0.717) is 0 Å². The number of pyridine rings is 1. The first kappa shape index (κ1) is 32.5. The maximum absolute atomic E-state index is 13.3. The third-order valence-electron chi connectivity index (χ3n) is 5.48. The van der Waals surface area contributed by atoms with Crippen molar-refractivity contribution in [1.29, 1.82) is 0 Å². The predicted octanol–water partition coefficient (Wildman–Crippen LogP) is 2.42. The van der Waals surface area contributed by atoms with Gasteiger partial charge in [-0.1, -0.05) is 0 Å². The van der Waals surface area contributed by atoms with Gasteiger partial charge in [0.25, 0.3) is 5.91 Å². The van der Waals surface area contributed by atoms with E-state index < -0.39 is 48.0 Å². The Labute approximate surface area is 249 Å². The van der Waals surface area contributed by atoms with E-state index in [1.54, 1.807) is 0 Å². The molecule has 3 aromatic rings. The summed E-state index contributed by atoms with van der Waals surface area (Å²) in [4.78, 5) is 78.3. The molecule has 44 heavy (non-hydrogen) atoms. The molecule has 1 amide bonds. The van der Waals surface area contributed by atoms with Gasteiger partial charge in [0, 0.05) is 20.0 Å². The molecule has 0 unspecified atom stereocenters. The summed E-state index contributed by atoms with van der Waals surface area (Å²) in [7, 11) is 2.48. The first-order valence-corrected chi connectivity index (χ1v) is 12.5. The fourth-order valence-corrected chi connectivity index (χ4v) is 3.58. The number of aliphatic carboxylic acids is 1. The molecule has 3 rings (SSSR count). The van der Waals surface area contributed by atoms with Crippen LogP contribution in [0.5, 0.6) is 23.0 Å². The average Bonchev–Trinajstić information content (AvgIpc) is 2.98. The number of hydrogen-bond acceptors (Lipinski definition) is 13. The van der Waals surface area contributed by atoms with Crippen molar-refractivity contribution < 1.29 is 62.3 Å². The number of hydrogen-bond donors (Lipinski definition) is 2. The van der Waals surface area contributed by atoms with E-state index in [1.807, 2.05) is 0 Å². The van der Waals surface area contributed by atoms with Gasteiger partial charge in [0.2, 0.25) is 12.2 Å². The Morgan fingerprint density at radius 3 is 1.64 bits per heavy atom. The Bertz CT molecular complexity index is 1570. The number of methoxy groups -OCH3 is 2. The van der Waals surface area contributed by atoms with E-state index in [4.69, 9.17) is 28.4 Å². The van der Waals surface area contributed by atoms with Crippen LogP contribution in [0.3, 0.4) is 0 Å². The van der Waals surface area contributed by atoms with E-state index in [2.05, 4.69) is 10.3 Å². The van der Waals surface area contributed by atoms with E-state index in [0.717, 1.165) is 32.0 Å². The standard InChI is InChI=1S/C29H26N2O13/c1-15(32)41-20-9-7-17(12-22(20)39-3)28(37)43-24(26(34)31-19-6-5-11-30-14-19)25(27(35)36)44-29(38)18-8-10-21(42-16(2)33)23(13-18)40-4/h5-14,24-25H,1-4H3,(H,31,34)(H,35,36)/t24-,25-/m0/s1. The summed E-state index contributed by atoms with van der Waals surface area (Å²) in [5.41, 5.74) is -0.349. The molecule has 0 radical (unpaired) electrons. The highest BCUT2D eigenvalue weighted by atomic mass is 16.6. The van der Waals surface area contributed by atoms with E-state index in [1.165, 1.54) is 56.9 Å². The third kappa shape index (κ3) is 8.51. The Morgan fingerprint density at radius 1 is 0.727 bits per heavy atom. The lowest BCUT2D eigenvalue weighted by molar-refractivity contribution is -0.157. The van der Waals surface area contributed by atoms with E-state index >= 15 is 0 Å². The van der Waals surface area contributed by atoms with Crippen molar-refractivity contribution in [3.63, 3.8) is 0 Å². The summed E-state index contributed by atoms with van der Waals surface area (Å²) in [6.45, 7) is 2.31. The monoisotopic (exact) mass is 610 g/mol. The molecule has 15 heteroatoms. The zero-order chi connectivity index (χ0) is 32.4. The topological polar surface area (TPSA) is 203 Å². The van der Waals surface area contributed by atoms with Crippen molar-refractivity contribution in [1.82, 2.24) is 4.98 Å². The number of carbonyl (C=O) groups is 6. The molecular weight excluding hydrogens is 584 g/mol. The molecule has 0 spiro atoms. The summed E-state index contributed by atoms with van der Waals surface area (Å²) >= 11 is 0. The highest BCUT2D eigenvalue weighted by Crippen LogP contribution is 2.30. The van der Waals surface area contributed by atoms with Gasteiger partial charge in [-0.05, 0) is 48.5 Å². The number of rotatable bonds is 12. The van der Waals surface area contributed by atoms with Gasteiger partial charge in [-0.3, -0.25) is 19.4 Å². The second-order valence-corrected chi connectivity index (χ2v) is 8.64. The van der Waals surface area contributed by atoms with Gasteiger partial charge in [0.05, 0.1) is 37.2 Å². The highest BCUT2D eigenvalue weighted by molar-refractivity contribution is 6.01. The number of benzene rings is 2. The summed E-state index contributed by atoms with van der Waals surface area (Å²) in [6.07, 6.45) is -1.92. The van der Waals surface area contributed by atoms with Crippen LogP contribution in [-0.2, 0) is 28.7 Å². The molecular formula is C29H26N2O13. The zero-order valence-electron chi connectivity index (χ0n) is 23.7. The lowest BCUT2D eigenvalue weighted by Gasteiger charge is -2.23. The Morgan fingerprint density at radius 2 is 1.23 bits per heavy atom. The minimum absolute atomic E-state index is 0.0186. The molecule has 1 aromatic heterocycles. The fourth-order valence-electron chi connectivity index (χ4n) is 3.58. The Kier molecular flexibility index (Phi) is 10.9. The smallest absolute Gasteiger partial charge is 0.349 e. The molecule has 0 aliphatic carbocycles. The fraction of sp³-hybridized carbons (Fsp3) is 0.207. The number of esters is 4. The van der Waals surface area contributed by atoms with E-state index in [9.17, 15) is 33.9 Å². The van der Waals surface area contributed by atoms with Gasteiger partial charge < -0.3 is 38.8 Å². The Balaban J connectivity index is 1.95. The molecule has 0 aliphatic heterocycles. The lowest BCUT2D eigenvalue weighted by atomic mass is 10.1. The molecule has 0 bridgehead atoms. The van der Waals surface area contributed by atoms with Gasteiger partial charge in [-0.2, -0.15) is 0 Å². The number of nitrogens with one attached hydrogen (secondary N) is 1. The number of carboxylic acid groups (broad SMARTS) is 1. The molecule has 0 saturated heterocycles. The number of ether oxygens (including phenoxy) is 6. The molecule has 2 aromatic carbocycles. The first-order valence-electron chi connectivity index (χ1n) is 12.5. The number of carboxylic acids is 1. The predicted molar refractivity (Wildman–Crippen MR) is 148 cm³/mol. The van der Waals surface area contributed by atoms with Crippen LogP contribution in [0.2, 0.25) is 0 Å². The summed E-state index contributed by atoms with van der Waals surface area (Å²) < 4.78 is 30.7. The van der Waals surface area contributed by atoms with Crippen LogP contribution in [0.25, 0.3) is 0 Å². The maximum atomic E-state index is 13.3. The van der Waals surface area contributed by atoms with Crippen LogP contribution in [0.4, 0.5) is 5.69 Å². The van der Waals surface area contributed by atoms with Crippen molar-refractivity contribution in [3.05, 3.63) is 72.1 Å². The maximum Gasteiger partial charge on any atom is 0.349 e. The van der Waals surface area contributed by atoms with Crippen LogP contribution in [0.1, 0.15) is 34.6 Å². The number of nitrogens with zero attached hydrogens (tertiary/aromatic N) is 1. The normalized spacial score (nSPS) is 11.6. The lowest BCUT2D eigenvalue weighted by Crippen LogP contribution is -2.48. The molecule has 1 heterocycles. The number of aromatic nitrogens is 1. The first-order chi connectivity index (χ1) is 20.9. The zero-order valence-corrected chi connectivity index (χ0v) is 23.7. The van der Waals surface area contributed by atoms with Crippen molar-refractivity contribution in [2.45, 2.75) is 26.1 Å². The molecule has 230 valence electrons. The number of anilines is 1. The molecule has 2 N–H and O–H groups in total. The van der Waals surface area contributed by atoms with Gasteiger partial charge in [-0.15, -0.1) is 0 Å².